The van der Waals surface area contributed by atoms with Gasteiger partial charge in [-0.05, 0) is 44.1 Å². The Morgan fingerprint density at radius 3 is 2.86 bits per heavy atom. The summed E-state index contributed by atoms with van der Waals surface area (Å²) in [5, 5.41) is 2.67. The fourth-order valence-corrected chi connectivity index (χ4v) is 2.57. The SMILES string of the molecule is CC(C)(F)C(=O)NCC1CCCSC1. The van der Waals surface area contributed by atoms with E-state index in [0.717, 1.165) is 12.2 Å². The van der Waals surface area contributed by atoms with Crippen LogP contribution in [0, 0.1) is 5.92 Å². The Balaban J connectivity index is 2.22. The predicted molar refractivity (Wildman–Crippen MR) is 58.2 cm³/mol. The highest BCUT2D eigenvalue weighted by Crippen LogP contribution is 2.22. The third-order valence-corrected chi connectivity index (χ3v) is 3.63. The average Bonchev–Trinajstić information content (AvgIpc) is 2.14. The second-order valence-electron chi connectivity index (χ2n) is 4.27. The van der Waals surface area contributed by atoms with Gasteiger partial charge in [-0.2, -0.15) is 11.8 Å². The lowest BCUT2D eigenvalue weighted by molar-refractivity contribution is -0.130. The highest BCUT2D eigenvalue weighted by molar-refractivity contribution is 7.99. The quantitative estimate of drug-likeness (QED) is 0.786. The van der Waals surface area contributed by atoms with E-state index in [9.17, 15) is 9.18 Å². The molecule has 4 heteroatoms. The molecule has 1 rings (SSSR count). The second kappa shape index (κ2) is 5.01. The Bertz CT molecular complexity index is 197. The molecule has 1 N–H and O–H groups in total. The predicted octanol–water partition coefficient (Wildman–Crippen LogP) is 1.99. The van der Waals surface area contributed by atoms with Crippen LogP contribution < -0.4 is 5.32 Å². The summed E-state index contributed by atoms with van der Waals surface area (Å²) in [5.74, 6) is 2.35. The first-order valence-corrected chi connectivity index (χ1v) is 6.20. The molecule has 1 atom stereocenters. The van der Waals surface area contributed by atoms with Crippen molar-refractivity contribution >= 4 is 17.7 Å². The molecule has 1 aliphatic rings. The van der Waals surface area contributed by atoms with Gasteiger partial charge in [0.05, 0.1) is 0 Å². The summed E-state index contributed by atoms with van der Waals surface area (Å²) >= 11 is 1.92. The Kier molecular flexibility index (Phi) is 4.23. The van der Waals surface area contributed by atoms with E-state index in [0.29, 0.717) is 12.5 Å². The van der Waals surface area contributed by atoms with Gasteiger partial charge < -0.3 is 5.32 Å². The van der Waals surface area contributed by atoms with Gasteiger partial charge in [-0.25, -0.2) is 4.39 Å². The van der Waals surface area contributed by atoms with Gasteiger partial charge in [-0.1, -0.05) is 0 Å². The van der Waals surface area contributed by atoms with Crippen LogP contribution in [0.25, 0.3) is 0 Å². The summed E-state index contributed by atoms with van der Waals surface area (Å²) in [7, 11) is 0. The molecule has 1 amide bonds. The third-order valence-electron chi connectivity index (χ3n) is 2.35. The van der Waals surface area contributed by atoms with Gasteiger partial charge in [0.1, 0.15) is 0 Å². The molecule has 0 aliphatic carbocycles. The number of amides is 1. The first-order chi connectivity index (χ1) is 6.50. The zero-order valence-corrected chi connectivity index (χ0v) is 9.62. The number of halogens is 1. The molecule has 0 aromatic carbocycles. The Hall–Kier alpha value is -0.250. The van der Waals surface area contributed by atoms with Crippen LogP contribution in [-0.4, -0.2) is 29.6 Å². The van der Waals surface area contributed by atoms with E-state index in [2.05, 4.69) is 5.32 Å². The number of thioether (sulfide) groups is 1. The summed E-state index contributed by atoms with van der Waals surface area (Å²) in [6, 6.07) is 0. The summed E-state index contributed by atoms with van der Waals surface area (Å²) in [5.41, 5.74) is -1.75. The largest absolute Gasteiger partial charge is 0.353 e. The minimum absolute atomic E-state index is 0.493. The highest BCUT2D eigenvalue weighted by Gasteiger charge is 2.27. The van der Waals surface area contributed by atoms with Crippen LogP contribution in [0.15, 0.2) is 0 Å². The molecule has 0 bridgehead atoms. The monoisotopic (exact) mass is 219 g/mol. The van der Waals surface area contributed by atoms with Crippen LogP contribution >= 0.6 is 11.8 Å². The molecule has 1 unspecified atom stereocenters. The van der Waals surface area contributed by atoms with Gasteiger partial charge in [-0.15, -0.1) is 0 Å². The van der Waals surface area contributed by atoms with Crippen molar-refractivity contribution in [3.63, 3.8) is 0 Å². The van der Waals surface area contributed by atoms with Gasteiger partial charge in [0.25, 0.3) is 5.91 Å². The van der Waals surface area contributed by atoms with E-state index in [4.69, 9.17) is 0 Å². The normalized spacial score (nSPS) is 23.2. The number of alkyl halides is 1. The topological polar surface area (TPSA) is 29.1 Å². The molecule has 2 nitrogen and oxygen atoms in total. The lowest BCUT2D eigenvalue weighted by Crippen LogP contribution is -2.41. The van der Waals surface area contributed by atoms with Crippen molar-refractivity contribution in [3.8, 4) is 0 Å². The maximum absolute atomic E-state index is 13.1. The second-order valence-corrected chi connectivity index (χ2v) is 5.42. The van der Waals surface area contributed by atoms with Crippen molar-refractivity contribution < 1.29 is 9.18 Å². The van der Waals surface area contributed by atoms with E-state index < -0.39 is 11.6 Å². The Morgan fingerprint density at radius 1 is 1.64 bits per heavy atom. The number of hydrogen-bond acceptors (Lipinski definition) is 2. The smallest absolute Gasteiger partial charge is 0.257 e. The summed E-state index contributed by atoms with van der Waals surface area (Å²) in [4.78, 5) is 11.2. The van der Waals surface area contributed by atoms with Crippen LogP contribution in [0.4, 0.5) is 4.39 Å². The molecular weight excluding hydrogens is 201 g/mol. The van der Waals surface area contributed by atoms with E-state index in [1.165, 1.54) is 26.0 Å². The summed E-state index contributed by atoms with van der Waals surface area (Å²) < 4.78 is 13.1. The van der Waals surface area contributed by atoms with Crippen LogP contribution in [0.1, 0.15) is 26.7 Å². The minimum atomic E-state index is -1.75. The fourth-order valence-electron chi connectivity index (χ4n) is 1.42. The van der Waals surface area contributed by atoms with Crippen molar-refractivity contribution in [1.82, 2.24) is 5.32 Å². The molecular formula is C10H18FNOS. The third kappa shape index (κ3) is 3.86. The standard InChI is InChI=1S/C10H18FNOS/c1-10(2,11)9(13)12-6-8-4-3-5-14-7-8/h8H,3-7H2,1-2H3,(H,12,13). The number of rotatable bonds is 3. The molecule has 0 aromatic heterocycles. The Morgan fingerprint density at radius 2 is 2.36 bits per heavy atom. The molecule has 1 heterocycles. The number of carbonyl (C=O) groups is 1. The van der Waals surface area contributed by atoms with Crippen molar-refractivity contribution in [3.05, 3.63) is 0 Å². The lowest BCUT2D eigenvalue weighted by Gasteiger charge is -2.23. The van der Waals surface area contributed by atoms with Crippen LogP contribution in [0.2, 0.25) is 0 Å². The van der Waals surface area contributed by atoms with Crippen molar-refractivity contribution in [2.24, 2.45) is 5.92 Å². The van der Waals surface area contributed by atoms with Gasteiger partial charge in [0.15, 0.2) is 5.67 Å². The maximum atomic E-state index is 13.1. The van der Waals surface area contributed by atoms with E-state index in [1.807, 2.05) is 11.8 Å². The summed E-state index contributed by atoms with van der Waals surface area (Å²) in [6.45, 7) is 3.20. The van der Waals surface area contributed by atoms with E-state index in [1.54, 1.807) is 0 Å². The average molecular weight is 219 g/mol. The number of nitrogens with one attached hydrogen (secondary N) is 1. The molecule has 1 aliphatic heterocycles. The van der Waals surface area contributed by atoms with E-state index in [-0.39, 0.29) is 0 Å². The molecule has 14 heavy (non-hydrogen) atoms. The van der Waals surface area contributed by atoms with Crippen LogP contribution in [0.3, 0.4) is 0 Å². The lowest BCUT2D eigenvalue weighted by atomic mass is 10.0. The maximum Gasteiger partial charge on any atom is 0.257 e. The molecule has 0 aromatic rings. The van der Waals surface area contributed by atoms with E-state index >= 15 is 0 Å². The van der Waals surface area contributed by atoms with Gasteiger partial charge in [0, 0.05) is 6.54 Å². The van der Waals surface area contributed by atoms with Crippen LogP contribution in [0.5, 0.6) is 0 Å². The molecule has 1 fully saturated rings. The zero-order valence-electron chi connectivity index (χ0n) is 8.81. The van der Waals surface area contributed by atoms with Gasteiger partial charge in [-0.3, -0.25) is 4.79 Å². The number of hydrogen-bond donors (Lipinski definition) is 1. The van der Waals surface area contributed by atoms with Gasteiger partial charge >= 0.3 is 0 Å². The van der Waals surface area contributed by atoms with Crippen molar-refractivity contribution in [2.45, 2.75) is 32.4 Å². The van der Waals surface area contributed by atoms with Gasteiger partial charge in [0.2, 0.25) is 0 Å². The Labute approximate surface area is 89.0 Å². The fraction of sp³-hybridized carbons (Fsp3) is 0.900. The molecule has 1 saturated heterocycles. The first-order valence-electron chi connectivity index (χ1n) is 5.05. The molecule has 0 spiro atoms. The molecule has 82 valence electrons. The first kappa shape index (κ1) is 11.8. The zero-order chi connectivity index (χ0) is 10.6. The number of carbonyl (C=O) groups excluding carboxylic acids is 1. The minimum Gasteiger partial charge on any atom is -0.353 e. The molecule has 0 radical (unpaired) electrons. The summed E-state index contributed by atoms with van der Waals surface area (Å²) in [6.07, 6.45) is 2.37. The van der Waals surface area contributed by atoms with Crippen molar-refractivity contribution in [2.75, 3.05) is 18.1 Å². The van der Waals surface area contributed by atoms with Crippen LogP contribution in [-0.2, 0) is 4.79 Å². The highest BCUT2D eigenvalue weighted by atomic mass is 32.2. The van der Waals surface area contributed by atoms with Crippen molar-refractivity contribution in [1.29, 1.82) is 0 Å². The molecule has 0 saturated carbocycles.